The van der Waals surface area contributed by atoms with Crippen LogP contribution in [0.25, 0.3) is 0 Å². The second kappa shape index (κ2) is 4.20. The summed E-state index contributed by atoms with van der Waals surface area (Å²) in [5.41, 5.74) is 1.19. The number of benzene rings is 1. The van der Waals surface area contributed by atoms with Crippen LogP contribution in [0.3, 0.4) is 0 Å². The van der Waals surface area contributed by atoms with Gasteiger partial charge in [0.05, 0.1) is 0 Å². The predicted octanol–water partition coefficient (Wildman–Crippen LogP) is 4.74. The van der Waals surface area contributed by atoms with E-state index in [0.717, 1.165) is 4.47 Å². The van der Waals surface area contributed by atoms with Crippen molar-refractivity contribution in [1.29, 1.82) is 0 Å². The fourth-order valence-corrected chi connectivity index (χ4v) is 2.37. The maximum absolute atomic E-state index is 13.0. The maximum Gasteiger partial charge on any atom is 0.248 e. The van der Waals surface area contributed by atoms with Crippen molar-refractivity contribution in [2.45, 2.75) is 37.5 Å². The molecule has 2 rings (SSSR count). The van der Waals surface area contributed by atoms with E-state index < -0.39 is 5.92 Å². The summed E-state index contributed by atoms with van der Waals surface area (Å²) in [5, 5.41) is 0. The first-order chi connectivity index (χ1) is 7.07. The normalized spacial score (nSPS) is 21.5. The molecule has 0 spiro atoms. The van der Waals surface area contributed by atoms with E-state index in [4.69, 9.17) is 0 Å². The minimum atomic E-state index is -2.42. The molecule has 1 aliphatic carbocycles. The molecule has 0 aromatic heterocycles. The Morgan fingerprint density at radius 2 is 1.60 bits per heavy atom. The van der Waals surface area contributed by atoms with Gasteiger partial charge in [-0.25, -0.2) is 8.78 Å². The van der Waals surface area contributed by atoms with Gasteiger partial charge in [0.2, 0.25) is 5.92 Å². The molecule has 0 saturated heterocycles. The molecule has 3 heteroatoms. The topological polar surface area (TPSA) is 0 Å². The Labute approximate surface area is 96.8 Å². The molecule has 1 fully saturated rings. The van der Waals surface area contributed by atoms with Crippen LogP contribution in [0.1, 0.15) is 37.2 Å². The van der Waals surface area contributed by atoms with Gasteiger partial charge in [0.1, 0.15) is 0 Å². The highest BCUT2D eigenvalue weighted by molar-refractivity contribution is 9.10. The molecule has 1 saturated carbocycles. The zero-order valence-corrected chi connectivity index (χ0v) is 9.94. The molecule has 82 valence electrons. The van der Waals surface area contributed by atoms with Gasteiger partial charge >= 0.3 is 0 Å². The van der Waals surface area contributed by atoms with E-state index >= 15 is 0 Å². The first-order valence-electron chi connectivity index (χ1n) is 5.20. The molecule has 1 aliphatic rings. The van der Waals surface area contributed by atoms with E-state index in [1.54, 1.807) is 0 Å². The number of hydrogen-bond donors (Lipinski definition) is 0. The van der Waals surface area contributed by atoms with Crippen LogP contribution >= 0.6 is 15.9 Å². The fourth-order valence-electron chi connectivity index (χ4n) is 2.11. The minimum absolute atomic E-state index is 0.0354. The number of halogens is 3. The smallest absolute Gasteiger partial charge is 0.207 e. The van der Waals surface area contributed by atoms with E-state index in [1.165, 1.54) is 5.56 Å². The van der Waals surface area contributed by atoms with Crippen molar-refractivity contribution >= 4 is 15.9 Å². The van der Waals surface area contributed by atoms with Gasteiger partial charge < -0.3 is 0 Å². The van der Waals surface area contributed by atoms with Gasteiger partial charge in [0.25, 0.3) is 0 Å². The van der Waals surface area contributed by atoms with E-state index in [0.29, 0.717) is 18.8 Å². The quantitative estimate of drug-likeness (QED) is 0.694. The van der Waals surface area contributed by atoms with Gasteiger partial charge in [-0.3, -0.25) is 0 Å². The second-order valence-electron chi connectivity index (χ2n) is 4.18. The van der Waals surface area contributed by atoms with Crippen LogP contribution in [-0.2, 0) is 0 Å². The van der Waals surface area contributed by atoms with Gasteiger partial charge in [0.15, 0.2) is 0 Å². The molecule has 1 aromatic carbocycles. The third-order valence-electron chi connectivity index (χ3n) is 3.06. The van der Waals surface area contributed by atoms with Crippen LogP contribution in [0, 0.1) is 0 Å². The zero-order chi connectivity index (χ0) is 10.9. The Bertz CT molecular complexity index is 322. The third kappa shape index (κ3) is 2.77. The largest absolute Gasteiger partial charge is 0.248 e. The SMILES string of the molecule is FC1(F)CCC(c2ccc(Br)cc2)CC1. The van der Waals surface area contributed by atoms with E-state index in [-0.39, 0.29) is 12.8 Å². The Balaban J connectivity index is 2.04. The lowest BCUT2D eigenvalue weighted by Crippen LogP contribution is -2.23. The lowest BCUT2D eigenvalue weighted by Gasteiger charge is -2.28. The molecule has 0 N–H and O–H groups in total. The fraction of sp³-hybridized carbons (Fsp3) is 0.500. The highest BCUT2D eigenvalue weighted by Crippen LogP contribution is 2.40. The summed E-state index contributed by atoms with van der Waals surface area (Å²) in [6.45, 7) is 0. The predicted molar refractivity (Wildman–Crippen MR) is 60.3 cm³/mol. The van der Waals surface area contributed by atoms with Crippen molar-refractivity contribution in [1.82, 2.24) is 0 Å². The van der Waals surface area contributed by atoms with Crippen LogP contribution in [0.15, 0.2) is 28.7 Å². The van der Waals surface area contributed by atoms with Gasteiger partial charge in [-0.2, -0.15) is 0 Å². The lowest BCUT2D eigenvalue weighted by molar-refractivity contribution is -0.0382. The highest BCUT2D eigenvalue weighted by Gasteiger charge is 2.35. The van der Waals surface area contributed by atoms with Gasteiger partial charge in [-0.15, -0.1) is 0 Å². The Morgan fingerprint density at radius 1 is 1.07 bits per heavy atom. The molecule has 0 atom stereocenters. The van der Waals surface area contributed by atoms with Crippen LogP contribution in [0.4, 0.5) is 8.78 Å². The second-order valence-corrected chi connectivity index (χ2v) is 5.10. The number of rotatable bonds is 1. The molecular weight excluding hydrogens is 262 g/mol. The van der Waals surface area contributed by atoms with Gasteiger partial charge in [-0.1, -0.05) is 28.1 Å². The maximum atomic E-state index is 13.0. The van der Waals surface area contributed by atoms with Crippen molar-refractivity contribution in [3.8, 4) is 0 Å². The molecular formula is C12H13BrF2. The summed E-state index contributed by atoms with van der Waals surface area (Å²) in [6.07, 6.45) is 1.28. The van der Waals surface area contributed by atoms with Gasteiger partial charge in [0, 0.05) is 17.3 Å². The summed E-state index contributed by atoms with van der Waals surface area (Å²) >= 11 is 3.37. The summed E-state index contributed by atoms with van der Waals surface area (Å²) in [4.78, 5) is 0. The summed E-state index contributed by atoms with van der Waals surface area (Å²) < 4.78 is 26.9. The first kappa shape index (κ1) is 11.1. The molecule has 1 aromatic rings. The average Bonchev–Trinajstić information content (AvgIpc) is 2.20. The Morgan fingerprint density at radius 3 is 2.13 bits per heavy atom. The molecule has 0 bridgehead atoms. The molecule has 0 unspecified atom stereocenters. The van der Waals surface area contributed by atoms with Crippen molar-refractivity contribution in [3.05, 3.63) is 34.3 Å². The standard InChI is InChI=1S/C12H13BrF2/c13-11-3-1-9(2-4-11)10-5-7-12(14,15)8-6-10/h1-4,10H,5-8H2. The average molecular weight is 275 g/mol. The van der Waals surface area contributed by atoms with E-state index in [1.807, 2.05) is 24.3 Å². The summed E-state index contributed by atoms with van der Waals surface area (Å²) in [5.74, 6) is -2.11. The van der Waals surface area contributed by atoms with Crippen LogP contribution in [-0.4, -0.2) is 5.92 Å². The first-order valence-corrected chi connectivity index (χ1v) is 5.99. The van der Waals surface area contributed by atoms with Crippen LogP contribution < -0.4 is 0 Å². The Kier molecular flexibility index (Phi) is 3.10. The zero-order valence-electron chi connectivity index (χ0n) is 8.35. The molecule has 0 nitrogen and oxygen atoms in total. The van der Waals surface area contributed by atoms with E-state index in [9.17, 15) is 8.78 Å². The van der Waals surface area contributed by atoms with E-state index in [2.05, 4.69) is 15.9 Å². The lowest BCUT2D eigenvalue weighted by atomic mass is 9.82. The van der Waals surface area contributed by atoms with Gasteiger partial charge in [-0.05, 0) is 36.5 Å². The Hall–Kier alpha value is -0.440. The summed E-state index contributed by atoms with van der Waals surface area (Å²) in [7, 11) is 0. The highest BCUT2D eigenvalue weighted by atomic mass is 79.9. The third-order valence-corrected chi connectivity index (χ3v) is 3.59. The van der Waals surface area contributed by atoms with Crippen molar-refractivity contribution < 1.29 is 8.78 Å². The molecule has 0 heterocycles. The van der Waals surface area contributed by atoms with Crippen molar-refractivity contribution in [2.75, 3.05) is 0 Å². The molecule has 15 heavy (non-hydrogen) atoms. The molecule has 0 aliphatic heterocycles. The summed E-state index contributed by atoms with van der Waals surface area (Å²) in [6, 6.07) is 8.00. The van der Waals surface area contributed by atoms with Crippen molar-refractivity contribution in [2.24, 2.45) is 0 Å². The monoisotopic (exact) mass is 274 g/mol. The van der Waals surface area contributed by atoms with Crippen molar-refractivity contribution in [3.63, 3.8) is 0 Å². The molecule has 0 radical (unpaired) electrons. The number of alkyl halides is 2. The van der Waals surface area contributed by atoms with Crippen LogP contribution in [0.2, 0.25) is 0 Å². The van der Waals surface area contributed by atoms with Crippen LogP contribution in [0.5, 0.6) is 0 Å². The minimum Gasteiger partial charge on any atom is -0.207 e. The number of hydrogen-bond acceptors (Lipinski definition) is 0. The molecule has 0 amide bonds.